The minimum atomic E-state index is -3.10. The van der Waals surface area contributed by atoms with E-state index < -0.39 is 18.7 Å². The zero-order valence-corrected chi connectivity index (χ0v) is 10.6. The maximum atomic E-state index is 8.45. The molecule has 0 saturated carbocycles. The van der Waals surface area contributed by atoms with Crippen LogP contribution in [0.15, 0.2) is 6.73 Å². The van der Waals surface area contributed by atoms with Gasteiger partial charge in [0.15, 0.2) is 0 Å². The average Bonchev–Trinajstić information content (AvgIpc) is 2.03. The van der Waals surface area contributed by atoms with Crippen LogP contribution in [0, 0.1) is 0 Å². The average molecular weight is 298 g/mol. The molecule has 0 aromatic carbocycles. The molecule has 0 heterocycles. The van der Waals surface area contributed by atoms with Gasteiger partial charge in [0.05, 0.1) is 0 Å². The number of azide groups is 1. The molecule has 7 heteroatoms. The van der Waals surface area contributed by atoms with Crippen LogP contribution in [0.1, 0.15) is 27.7 Å². The van der Waals surface area contributed by atoms with Crippen LogP contribution in [-0.2, 0) is 0 Å². The summed E-state index contributed by atoms with van der Waals surface area (Å²) >= 11 is -3.10. The van der Waals surface area contributed by atoms with Crippen molar-refractivity contribution in [3.8, 4) is 0 Å². The molecular weight excluding hydrogens is 284 g/mol. The zero-order valence-electron chi connectivity index (χ0n) is 8.25. The van der Waals surface area contributed by atoms with E-state index in [2.05, 4.69) is 16.6 Å². The summed E-state index contributed by atoms with van der Waals surface area (Å²) in [7, 11) is 0. The van der Waals surface area contributed by atoms with E-state index in [1.54, 1.807) is 0 Å². The molecule has 0 aromatic heterocycles. The first-order valence-electron chi connectivity index (χ1n) is 3.95. The Morgan fingerprint density at radius 2 is 1.23 bits per heavy atom. The summed E-state index contributed by atoms with van der Waals surface area (Å²) in [5.41, 5.74) is 16.9. The maximum absolute atomic E-state index is 8.45. The molecule has 0 bridgehead atoms. The van der Waals surface area contributed by atoms with Gasteiger partial charge in [-0.1, -0.05) is 0 Å². The quantitative estimate of drug-likeness (QED) is 0.326. The molecule has 0 spiro atoms. The summed E-state index contributed by atoms with van der Waals surface area (Å²) in [6, 6.07) is 0. The predicted molar refractivity (Wildman–Crippen MR) is 54.2 cm³/mol. The molecule has 0 aromatic rings. The van der Waals surface area contributed by atoms with Gasteiger partial charge < -0.3 is 0 Å². The molecule has 0 amide bonds. The number of hydrogen-bond acceptors (Lipinski definition) is 2. The van der Waals surface area contributed by atoms with Crippen molar-refractivity contribution >= 4 is 18.7 Å². The van der Waals surface area contributed by atoms with E-state index in [9.17, 15) is 0 Å². The van der Waals surface area contributed by atoms with Crippen LogP contribution in [-0.4, -0.2) is 18.7 Å². The Morgan fingerprint density at radius 1 is 0.923 bits per heavy atom. The molecule has 74 valence electrons. The standard InChI is InChI=1S/C6H14N6Te/c1-5(2)13(6(3)4,11-9-7)12-10-8/h5-6H,1-4H3. The molecule has 0 atom stereocenters. The van der Waals surface area contributed by atoms with Crippen molar-refractivity contribution in [1.29, 1.82) is 0 Å². The van der Waals surface area contributed by atoms with E-state index in [0.717, 1.165) is 0 Å². The van der Waals surface area contributed by atoms with Crippen LogP contribution >= 0.6 is 0 Å². The fraction of sp³-hybridized carbons (Fsp3) is 1.00. The second-order valence-corrected chi connectivity index (χ2v) is 13.0. The Kier molecular flexibility index (Phi) is 4.97. The SMILES string of the molecule is CC(C)[Te](N=[N+]=[N-])(N=[N+]=[N-])C(C)C. The van der Waals surface area contributed by atoms with Gasteiger partial charge in [0.1, 0.15) is 0 Å². The van der Waals surface area contributed by atoms with E-state index in [0.29, 0.717) is 0 Å². The molecule has 0 aliphatic carbocycles. The molecule has 6 nitrogen and oxygen atoms in total. The molecule has 0 aliphatic heterocycles. The van der Waals surface area contributed by atoms with E-state index in [1.807, 2.05) is 27.7 Å². The molecule has 0 radical (unpaired) electrons. The van der Waals surface area contributed by atoms with Crippen LogP contribution in [0.2, 0.25) is 7.93 Å². The van der Waals surface area contributed by atoms with Crippen molar-refractivity contribution in [3.05, 3.63) is 20.9 Å². The van der Waals surface area contributed by atoms with Crippen LogP contribution in [0.25, 0.3) is 20.9 Å². The first kappa shape index (κ1) is 12.4. The molecule has 0 unspecified atom stereocenters. The Labute approximate surface area is 82.1 Å². The summed E-state index contributed by atoms with van der Waals surface area (Å²) in [6.07, 6.45) is 0. The van der Waals surface area contributed by atoms with E-state index in [4.69, 9.17) is 11.1 Å². The monoisotopic (exact) mass is 300 g/mol. The van der Waals surface area contributed by atoms with Crippen molar-refractivity contribution in [2.24, 2.45) is 6.73 Å². The Bertz CT molecular complexity index is 232. The minimum absolute atomic E-state index is 0.175. The van der Waals surface area contributed by atoms with Gasteiger partial charge in [-0.15, -0.1) is 0 Å². The molecular formula is C6H14N6Te. The van der Waals surface area contributed by atoms with Gasteiger partial charge in [-0.2, -0.15) is 0 Å². The van der Waals surface area contributed by atoms with Gasteiger partial charge in [0, 0.05) is 0 Å². The summed E-state index contributed by atoms with van der Waals surface area (Å²) in [5, 5.41) is 0. The van der Waals surface area contributed by atoms with Crippen molar-refractivity contribution in [3.63, 3.8) is 0 Å². The Hall–Kier alpha value is -0.590. The summed E-state index contributed by atoms with van der Waals surface area (Å²) in [4.78, 5) is 5.63. The second-order valence-electron chi connectivity index (χ2n) is 3.08. The van der Waals surface area contributed by atoms with Crippen molar-refractivity contribution in [1.82, 2.24) is 0 Å². The first-order chi connectivity index (χ1) is 6.01. The zero-order chi connectivity index (χ0) is 10.5. The molecule has 0 fully saturated rings. The Morgan fingerprint density at radius 3 is 1.38 bits per heavy atom. The number of hydrogen-bond donors (Lipinski definition) is 0. The van der Waals surface area contributed by atoms with Gasteiger partial charge in [0.2, 0.25) is 0 Å². The van der Waals surface area contributed by atoms with Crippen LogP contribution in [0.3, 0.4) is 0 Å². The van der Waals surface area contributed by atoms with E-state index in [1.165, 1.54) is 0 Å². The van der Waals surface area contributed by atoms with Crippen molar-refractivity contribution < 1.29 is 0 Å². The number of nitrogens with zero attached hydrogens (tertiary/aromatic N) is 6. The second kappa shape index (κ2) is 5.21. The third-order valence-electron chi connectivity index (χ3n) is 1.72. The molecule has 0 aliphatic rings. The molecule has 13 heavy (non-hydrogen) atoms. The van der Waals surface area contributed by atoms with Crippen molar-refractivity contribution in [2.45, 2.75) is 35.6 Å². The van der Waals surface area contributed by atoms with Gasteiger partial charge in [-0.3, -0.25) is 0 Å². The fourth-order valence-electron chi connectivity index (χ4n) is 1.05. The molecule has 0 N–H and O–H groups in total. The van der Waals surface area contributed by atoms with Gasteiger partial charge in [-0.25, -0.2) is 0 Å². The first-order valence-corrected chi connectivity index (χ1v) is 8.72. The van der Waals surface area contributed by atoms with Gasteiger partial charge >= 0.3 is 82.0 Å². The predicted octanol–water partition coefficient (Wildman–Crippen LogP) is 3.87. The summed E-state index contributed by atoms with van der Waals surface area (Å²) in [6.45, 7) is 7.80. The Balaban J connectivity index is 5.28. The van der Waals surface area contributed by atoms with Gasteiger partial charge in [-0.05, 0) is 0 Å². The number of rotatable bonds is 4. The molecule has 0 saturated heterocycles. The summed E-state index contributed by atoms with van der Waals surface area (Å²) in [5.74, 6) is 0. The normalized spacial score (nSPS) is 12.2. The van der Waals surface area contributed by atoms with Crippen molar-refractivity contribution in [2.75, 3.05) is 0 Å². The topological polar surface area (TPSA) is 97.5 Å². The van der Waals surface area contributed by atoms with Crippen LogP contribution in [0.5, 0.6) is 0 Å². The summed E-state index contributed by atoms with van der Waals surface area (Å²) < 4.78 is 7.94. The van der Waals surface area contributed by atoms with Crippen LogP contribution < -0.4 is 0 Å². The van der Waals surface area contributed by atoms with E-state index in [-0.39, 0.29) is 7.93 Å². The third-order valence-corrected chi connectivity index (χ3v) is 11.6. The van der Waals surface area contributed by atoms with Crippen LogP contribution in [0.4, 0.5) is 0 Å². The van der Waals surface area contributed by atoms with E-state index >= 15 is 0 Å². The van der Waals surface area contributed by atoms with Gasteiger partial charge in [0.25, 0.3) is 0 Å². The molecule has 0 rings (SSSR count). The fourth-order valence-corrected chi connectivity index (χ4v) is 7.08. The third kappa shape index (κ3) is 2.68.